The summed E-state index contributed by atoms with van der Waals surface area (Å²) in [6.07, 6.45) is 1.53. The molecule has 0 saturated heterocycles. The zero-order chi connectivity index (χ0) is 16.2. The molecule has 0 fully saturated rings. The molecule has 0 aliphatic rings. The summed E-state index contributed by atoms with van der Waals surface area (Å²) < 4.78 is 25.5. The second-order valence-electron chi connectivity index (χ2n) is 5.48. The van der Waals surface area contributed by atoms with E-state index >= 15 is 0 Å². The standard InChI is InChI=1S/C15H24N2O3S/c1-6-14(15(18)16-11(2)3)17(21(5,19)20)13-9-7-12(4)8-10-13/h7-11,14H,6H2,1-5H3,(H,16,18)/t14-/m0/s1. The third-order valence-corrected chi connectivity index (χ3v) is 4.23. The minimum Gasteiger partial charge on any atom is -0.352 e. The zero-order valence-electron chi connectivity index (χ0n) is 13.3. The van der Waals surface area contributed by atoms with Crippen molar-refractivity contribution in [1.29, 1.82) is 0 Å². The zero-order valence-corrected chi connectivity index (χ0v) is 14.1. The van der Waals surface area contributed by atoms with Crippen LogP contribution < -0.4 is 9.62 Å². The summed E-state index contributed by atoms with van der Waals surface area (Å²) >= 11 is 0. The molecule has 0 spiro atoms. The molecule has 1 aromatic carbocycles. The molecule has 0 heterocycles. The average Bonchev–Trinajstić information content (AvgIpc) is 2.34. The Morgan fingerprint density at radius 3 is 2.14 bits per heavy atom. The molecule has 5 nitrogen and oxygen atoms in total. The molecule has 1 aromatic rings. The fourth-order valence-corrected chi connectivity index (χ4v) is 3.34. The van der Waals surface area contributed by atoms with Crippen LogP contribution in [0.15, 0.2) is 24.3 Å². The van der Waals surface area contributed by atoms with Crippen LogP contribution in [0.1, 0.15) is 32.8 Å². The highest BCUT2D eigenvalue weighted by molar-refractivity contribution is 7.92. The minimum atomic E-state index is -3.55. The van der Waals surface area contributed by atoms with Crippen LogP contribution in [0.2, 0.25) is 0 Å². The van der Waals surface area contributed by atoms with Gasteiger partial charge in [0.05, 0.1) is 11.9 Å². The Bertz CT molecular complexity index is 579. The largest absolute Gasteiger partial charge is 0.352 e. The van der Waals surface area contributed by atoms with E-state index in [9.17, 15) is 13.2 Å². The number of hydrogen-bond donors (Lipinski definition) is 1. The van der Waals surface area contributed by atoms with Gasteiger partial charge in [-0.2, -0.15) is 0 Å². The van der Waals surface area contributed by atoms with Crippen LogP contribution in [0.25, 0.3) is 0 Å². The molecule has 0 bridgehead atoms. The van der Waals surface area contributed by atoms with E-state index in [0.717, 1.165) is 11.8 Å². The number of rotatable bonds is 6. The number of anilines is 1. The Labute approximate surface area is 127 Å². The molecule has 1 amide bonds. The number of sulfonamides is 1. The summed E-state index contributed by atoms with van der Waals surface area (Å²) in [5, 5.41) is 2.78. The van der Waals surface area contributed by atoms with Crippen LogP contribution in [0.4, 0.5) is 5.69 Å². The summed E-state index contributed by atoms with van der Waals surface area (Å²) in [4.78, 5) is 12.3. The summed E-state index contributed by atoms with van der Waals surface area (Å²) in [7, 11) is -3.55. The van der Waals surface area contributed by atoms with E-state index in [1.54, 1.807) is 19.1 Å². The molecule has 0 aromatic heterocycles. The molecule has 0 saturated carbocycles. The number of benzene rings is 1. The number of carbonyl (C=O) groups is 1. The first-order chi connectivity index (χ1) is 9.66. The Balaban J connectivity index is 3.23. The van der Waals surface area contributed by atoms with Crippen molar-refractivity contribution in [1.82, 2.24) is 5.32 Å². The molecule has 0 radical (unpaired) electrons. The molecular formula is C15H24N2O3S. The Hall–Kier alpha value is -1.56. The first kappa shape index (κ1) is 17.5. The maximum Gasteiger partial charge on any atom is 0.244 e. The second kappa shape index (κ2) is 6.93. The highest BCUT2D eigenvalue weighted by atomic mass is 32.2. The first-order valence-electron chi connectivity index (χ1n) is 7.03. The lowest BCUT2D eigenvalue weighted by atomic mass is 10.1. The van der Waals surface area contributed by atoms with Gasteiger partial charge in [-0.25, -0.2) is 8.42 Å². The lowest BCUT2D eigenvalue weighted by Crippen LogP contribution is -2.50. The normalized spacial score (nSPS) is 13.0. The van der Waals surface area contributed by atoms with Gasteiger partial charge < -0.3 is 5.32 Å². The molecule has 21 heavy (non-hydrogen) atoms. The number of hydrogen-bond acceptors (Lipinski definition) is 3. The van der Waals surface area contributed by atoms with Gasteiger partial charge in [0.25, 0.3) is 0 Å². The van der Waals surface area contributed by atoms with E-state index in [1.807, 2.05) is 32.9 Å². The van der Waals surface area contributed by atoms with E-state index in [-0.39, 0.29) is 11.9 Å². The Kier molecular flexibility index (Phi) is 5.78. The number of amides is 1. The van der Waals surface area contributed by atoms with E-state index in [0.29, 0.717) is 12.1 Å². The first-order valence-corrected chi connectivity index (χ1v) is 8.88. The molecule has 1 atom stereocenters. The summed E-state index contributed by atoms with van der Waals surface area (Å²) in [5.74, 6) is -0.279. The fourth-order valence-electron chi connectivity index (χ4n) is 2.13. The lowest BCUT2D eigenvalue weighted by molar-refractivity contribution is -0.122. The van der Waals surface area contributed by atoms with Gasteiger partial charge in [-0.15, -0.1) is 0 Å². The Morgan fingerprint density at radius 2 is 1.76 bits per heavy atom. The fraction of sp³-hybridized carbons (Fsp3) is 0.533. The van der Waals surface area contributed by atoms with Gasteiger partial charge in [0, 0.05) is 6.04 Å². The van der Waals surface area contributed by atoms with Crippen LogP contribution in [0, 0.1) is 6.92 Å². The van der Waals surface area contributed by atoms with E-state index in [1.165, 1.54) is 4.31 Å². The molecule has 0 unspecified atom stereocenters. The minimum absolute atomic E-state index is 0.0361. The van der Waals surface area contributed by atoms with Crippen molar-refractivity contribution >= 4 is 21.6 Å². The highest BCUT2D eigenvalue weighted by Crippen LogP contribution is 2.23. The smallest absolute Gasteiger partial charge is 0.244 e. The van der Waals surface area contributed by atoms with Crippen molar-refractivity contribution in [3.8, 4) is 0 Å². The monoisotopic (exact) mass is 312 g/mol. The molecule has 6 heteroatoms. The maximum atomic E-state index is 12.3. The van der Waals surface area contributed by atoms with Crippen LogP contribution in [0.3, 0.4) is 0 Å². The van der Waals surface area contributed by atoms with Crippen LogP contribution in [0.5, 0.6) is 0 Å². The lowest BCUT2D eigenvalue weighted by Gasteiger charge is -2.30. The van der Waals surface area contributed by atoms with Crippen molar-refractivity contribution in [2.24, 2.45) is 0 Å². The van der Waals surface area contributed by atoms with Crippen LogP contribution in [-0.4, -0.2) is 32.7 Å². The number of aryl methyl sites for hydroxylation is 1. The van der Waals surface area contributed by atoms with Gasteiger partial charge in [0.15, 0.2) is 0 Å². The van der Waals surface area contributed by atoms with Gasteiger partial charge >= 0.3 is 0 Å². The number of nitrogens with one attached hydrogen (secondary N) is 1. The average molecular weight is 312 g/mol. The van der Waals surface area contributed by atoms with Crippen molar-refractivity contribution in [3.05, 3.63) is 29.8 Å². The highest BCUT2D eigenvalue weighted by Gasteiger charge is 2.31. The van der Waals surface area contributed by atoms with Gasteiger partial charge in [-0.1, -0.05) is 24.6 Å². The molecular weight excluding hydrogens is 288 g/mol. The van der Waals surface area contributed by atoms with Crippen LogP contribution >= 0.6 is 0 Å². The number of carbonyl (C=O) groups excluding carboxylic acids is 1. The summed E-state index contributed by atoms with van der Waals surface area (Å²) in [6, 6.07) is 6.33. The third kappa shape index (κ3) is 4.74. The van der Waals surface area contributed by atoms with Gasteiger partial charge in [0.1, 0.15) is 6.04 Å². The second-order valence-corrected chi connectivity index (χ2v) is 7.34. The summed E-state index contributed by atoms with van der Waals surface area (Å²) in [5.41, 5.74) is 1.54. The SMILES string of the molecule is CC[C@@H](C(=O)NC(C)C)N(c1ccc(C)cc1)S(C)(=O)=O. The predicted molar refractivity (Wildman–Crippen MR) is 85.9 cm³/mol. The molecule has 0 aliphatic carbocycles. The van der Waals surface area contributed by atoms with E-state index in [4.69, 9.17) is 0 Å². The molecule has 1 N–H and O–H groups in total. The predicted octanol–water partition coefficient (Wildman–Crippen LogP) is 2.06. The van der Waals surface area contributed by atoms with Gasteiger partial charge in [-0.05, 0) is 39.3 Å². The van der Waals surface area contributed by atoms with Crippen molar-refractivity contribution in [2.75, 3.05) is 10.6 Å². The topological polar surface area (TPSA) is 66.5 Å². The van der Waals surface area contributed by atoms with Gasteiger partial charge in [-0.3, -0.25) is 9.10 Å². The molecule has 118 valence electrons. The molecule has 1 rings (SSSR count). The summed E-state index contributed by atoms with van der Waals surface area (Å²) in [6.45, 7) is 7.43. The van der Waals surface area contributed by atoms with Crippen molar-refractivity contribution in [2.45, 2.75) is 46.2 Å². The number of nitrogens with zero attached hydrogens (tertiary/aromatic N) is 1. The van der Waals surface area contributed by atoms with Crippen molar-refractivity contribution < 1.29 is 13.2 Å². The Morgan fingerprint density at radius 1 is 1.24 bits per heavy atom. The third-order valence-electron chi connectivity index (χ3n) is 3.05. The van der Waals surface area contributed by atoms with Crippen LogP contribution in [-0.2, 0) is 14.8 Å². The maximum absolute atomic E-state index is 12.3. The van der Waals surface area contributed by atoms with Crippen molar-refractivity contribution in [3.63, 3.8) is 0 Å². The van der Waals surface area contributed by atoms with Gasteiger partial charge in [0.2, 0.25) is 15.9 Å². The van der Waals surface area contributed by atoms with E-state index in [2.05, 4.69) is 5.32 Å². The van der Waals surface area contributed by atoms with E-state index < -0.39 is 16.1 Å². The quantitative estimate of drug-likeness (QED) is 0.874. The molecule has 0 aliphatic heterocycles.